The first kappa shape index (κ1) is 19.5. The van der Waals surface area contributed by atoms with Gasteiger partial charge in [-0.1, -0.05) is 6.07 Å². The van der Waals surface area contributed by atoms with Crippen LogP contribution in [0.3, 0.4) is 0 Å². The third kappa shape index (κ3) is 3.02. The Morgan fingerprint density at radius 2 is 1.97 bits per heavy atom. The molecule has 3 aliphatic rings. The van der Waals surface area contributed by atoms with Crippen molar-refractivity contribution in [1.82, 2.24) is 25.5 Å². The third-order valence-electron chi connectivity index (χ3n) is 7.09. The van der Waals surface area contributed by atoms with Gasteiger partial charge in [-0.25, -0.2) is 4.98 Å². The van der Waals surface area contributed by atoms with Crippen molar-refractivity contribution < 1.29 is 4.74 Å². The molecule has 0 bridgehead atoms. The average molecular weight is 431 g/mol. The van der Waals surface area contributed by atoms with E-state index in [0.29, 0.717) is 35.8 Å². The van der Waals surface area contributed by atoms with E-state index < -0.39 is 0 Å². The molecule has 2 aromatic heterocycles. The largest absolute Gasteiger partial charge is 0.378 e. The molecule has 0 amide bonds. The Kier molecular flexibility index (Phi) is 4.52. The molecule has 0 aliphatic carbocycles. The fourth-order valence-corrected chi connectivity index (χ4v) is 5.18. The Balaban J connectivity index is 1.55. The zero-order chi connectivity index (χ0) is 21.7. The van der Waals surface area contributed by atoms with Crippen molar-refractivity contribution in [2.24, 2.45) is 5.41 Å². The molecule has 32 heavy (non-hydrogen) atoms. The van der Waals surface area contributed by atoms with Crippen molar-refractivity contribution in [3.63, 3.8) is 0 Å². The predicted octanol–water partition coefficient (Wildman–Crippen LogP) is 1.84. The molecule has 3 aromatic rings. The number of fused-ring (bicyclic) bond motifs is 1. The van der Waals surface area contributed by atoms with E-state index in [0.717, 1.165) is 73.5 Å². The van der Waals surface area contributed by atoms with Gasteiger partial charge in [-0.3, -0.25) is 5.10 Å². The van der Waals surface area contributed by atoms with Crippen LogP contribution in [0.2, 0.25) is 0 Å². The fourth-order valence-electron chi connectivity index (χ4n) is 5.18. The lowest BCUT2D eigenvalue weighted by atomic mass is 9.81. The summed E-state index contributed by atoms with van der Waals surface area (Å²) in [4.78, 5) is 14.4. The molecule has 3 fully saturated rings. The van der Waals surface area contributed by atoms with Crippen molar-refractivity contribution in [1.29, 1.82) is 5.26 Å². The van der Waals surface area contributed by atoms with E-state index in [9.17, 15) is 5.26 Å². The number of anilines is 2. The fraction of sp³-hybridized carbons (Fsp3) is 0.478. The molecule has 3 saturated heterocycles. The van der Waals surface area contributed by atoms with E-state index >= 15 is 0 Å². The van der Waals surface area contributed by atoms with Crippen molar-refractivity contribution in [2.75, 3.05) is 62.3 Å². The van der Waals surface area contributed by atoms with Crippen LogP contribution < -0.4 is 15.1 Å². The molecular formula is C23H26N8O. The topological polar surface area (TPSA) is 106 Å². The average Bonchev–Trinajstić information content (AvgIpc) is 3.46. The molecule has 0 unspecified atom stereocenters. The second kappa shape index (κ2) is 7.43. The maximum Gasteiger partial charge on any atom is 0.228 e. The van der Waals surface area contributed by atoms with Gasteiger partial charge in [0.2, 0.25) is 5.95 Å². The highest BCUT2D eigenvalue weighted by atomic mass is 16.5. The van der Waals surface area contributed by atoms with Crippen LogP contribution in [0.15, 0.2) is 18.3 Å². The smallest absolute Gasteiger partial charge is 0.228 e. The standard InChI is InChI=1S/C23H26N8O/c1-15-2-3-18-17(11-26-29-18)19(15)20-16(10-24)21(31-5-4-23(14-31)12-25-13-23)28-22(27-20)30-6-8-32-9-7-30/h2-3,11,25H,4-9,12-14H2,1H3,(H,26,29). The Morgan fingerprint density at radius 1 is 1.12 bits per heavy atom. The van der Waals surface area contributed by atoms with E-state index in [4.69, 9.17) is 14.7 Å². The first-order valence-corrected chi connectivity index (χ1v) is 11.2. The Labute approximate surface area is 186 Å². The van der Waals surface area contributed by atoms with E-state index in [1.807, 2.05) is 12.3 Å². The molecule has 5 heterocycles. The van der Waals surface area contributed by atoms with Gasteiger partial charge in [0.15, 0.2) is 5.82 Å². The number of hydrogen-bond acceptors (Lipinski definition) is 8. The molecule has 3 aliphatic heterocycles. The van der Waals surface area contributed by atoms with Gasteiger partial charge < -0.3 is 19.9 Å². The van der Waals surface area contributed by atoms with Crippen LogP contribution in [0.1, 0.15) is 17.5 Å². The van der Waals surface area contributed by atoms with Crippen LogP contribution in [0.5, 0.6) is 0 Å². The molecule has 1 aromatic carbocycles. The summed E-state index contributed by atoms with van der Waals surface area (Å²) in [6, 6.07) is 6.53. The number of rotatable bonds is 3. The quantitative estimate of drug-likeness (QED) is 0.648. The molecule has 1 spiro atoms. The van der Waals surface area contributed by atoms with Crippen molar-refractivity contribution in [3.8, 4) is 17.3 Å². The summed E-state index contributed by atoms with van der Waals surface area (Å²) in [5, 5.41) is 22.0. The summed E-state index contributed by atoms with van der Waals surface area (Å²) in [7, 11) is 0. The summed E-state index contributed by atoms with van der Waals surface area (Å²) in [5.74, 6) is 1.42. The van der Waals surface area contributed by atoms with Crippen LogP contribution in [-0.4, -0.2) is 72.6 Å². The Hall–Kier alpha value is -3.22. The van der Waals surface area contributed by atoms with E-state index in [1.165, 1.54) is 0 Å². The number of nitrogens with zero attached hydrogens (tertiary/aromatic N) is 6. The molecule has 9 heteroatoms. The predicted molar refractivity (Wildman–Crippen MR) is 122 cm³/mol. The minimum Gasteiger partial charge on any atom is -0.378 e. The lowest BCUT2D eigenvalue weighted by Gasteiger charge is -2.39. The van der Waals surface area contributed by atoms with Crippen LogP contribution in [0.25, 0.3) is 22.2 Å². The van der Waals surface area contributed by atoms with Gasteiger partial charge in [-0.2, -0.15) is 15.3 Å². The monoisotopic (exact) mass is 430 g/mol. The molecule has 0 atom stereocenters. The number of nitriles is 1. The summed E-state index contributed by atoms with van der Waals surface area (Å²) in [6.45, 7) is 8.75. The Bertz CT molecular complexity index is 1220. The minimum atomic E-state index is 0.303. The second-order valence-corrected chi connectivity index (χ2v) is 9.15. The maximum atomic E-state index is 10.3. The van der Waals surface area contributed by atoms with Gasteiger partial charge in [0.05, 0.1) is 30.6 Å². The lowest BCUT2D eigenvalue weighted by Crippen LogP contribution is -2.54. The highest BCUT2D eigenvalue weighted by Gasteiger charge is 2.44. The van der Waals surface area contributed by atoms with Gasteiger partial charge in [0.1, 0.15) is 11.6 Å². The number of benzene rings is 1. The highest BCUT2D eigenvalue weighted by Crippen LogP contribution is 2.41. The van der Waals surface area contributed by atoms with Crippen LogP contribution in [-0.2, 0) is 4.74 Å². The summed E-state index contributed by atoms with van der Waals surface area (Å²) in [6.07, 6.45) is 2.94. The zero-order valence-corrected chi connectivity index (χ0v) is 18.2. The van der Waals surface area contributed by atoms with E-state index in [2.05, 4.69) is 44.4 Å². The van der Waals surface area contributed by atoms with Gasteiger partial charge in [-0.05, 0) is 25.0 Å². The summed E-state index contributed by atoms with van der Waals surface area (Å²) >= 11 is 0. The summed E-state index contributed by atoms with van der Waals surface area (Å²) in [5.41, 5.74) is 4.49. The normalized spacial score (nSPS) is 20.0. The van der Waals surface area contributed by atoms with Crippen LogP contribution in [0.4, 0.5) is 11.8 Å². The first-order valence-electron chi connectivity index (χ1n) is 11.2. The van der Waals surface area contributed by atoms with Crippen LogP contribution in [0, 0.1) is 23.7 Å². The molecule has 0 saturated carbocycles. The van der Waals surface area contributed by atoms with Crippen molar-refractivity contribution >= 4 is 22.7 Å². The lowest BCUT2D eigenvalue weighted by molar-refractivity contribution is 0.122. The molecule has 2 N–H and O–H groups in total. The highest BCUT2D eigenvalue weighted by molar-refractivity contribution is 5.97. The van der Waals surface area contributed by atoms with Gasteiger partial charge >= 0.3 is 0 Å². The van der Waals surface area contributed by atoms with Crippen LogP contribution >= 0.6 is 0 Å². The SMILES string of the molecule is Cc1ccc2[nH]ncc2c1-c1nc(N2CCOCC2)nc(N2CCC3(CNC3)C2)c1C#N. The number of morpholine rings is 1. The minimum absolute atomic E-state index is 0.303. The Morgan fingerprint density at radius 3 is 2.69 bits per heavy atom. The zero-order valence-electron chi connectivity index (χ0n) is 18.2. The number of H-pyrrole nitrogens is 1. The number of nitrogens with one attached hydrogen (secondary N) is 2. The molecule has 9 nitrogen and oxygen atoms in total. The van der Waals surface area contributed by atoms with E-state index in [-0.39, 0.29) is 0 Å². The number of hydrogen-bond donors (Lipinski definition) is 2. The first-order chi connectivity index (χ1) is 15.7. The van der Waals surface area contributed by atoms with Crippen molar-refractivity contribution in [2.45, 2.75) is 13.3 Å². The second-order valence-electron chi connectivity index (χ2n) is 9.15. The molecular weight excluding hydrogens is 404 g/mol. The van der Waals surface area contributed by atoms with E-state index in [1.54, 1.807) is 0 Å². The summed E-state index contributed by atoms with van der Waals surface area (Å²) < 4.78 is 5.55. The number of aryl methyl sites for hydroxylation is 1. The van der Waals surface area contributed by atoms with Gasteiger partial charge in [0.25, 0.3) is 0 Å². The van der Waals surface area contributed by atoms with Gasteiger partial charge in [-0.15, -0.1) is 0 Å². The number of aromatic amines is 1. The maximum absolute atomic E-state index is 10.3. The van der Waals surface area contributed by atoms with Crippen molar-refractivity contribution in [3.05, 3.63) is 29.5 Å². The number of aromatic nitrogens is 4. The molecule has 164 valence electrons. The molecule has 0 radical (unpaired) electrons. The van der Waals surface area contributed by atoms with Gasteiger partial charge in [0, 0.05) is 55.6 Å². The number of ether oxygens (including phenoxy) is 1. The third-order valence-corrected chi connectivity index (χ3v) is 7.09. The molecule has 6 rings (SSSR count).